The quantitative estimate of drug-likeness (QED) is 0.329. The first kappa shape index (κ1) is 27.4. The fourth-order valence-corrected chi connectivity index (χ4v) is 5.87. The number of anilines is 1. The average Bonchev–Trinajstić information content (AvgIpc) is 2.92. The highest BCUT2D eigenvalue weighted by Crippen LogP contribution is 2.35. The van der Waals surface area contributed by atoms with Gasteiger partial charge in [-0.05, 0) is 43.3 Å². The lowest BCUT2D eigenvalue weighted by Crippen LogP contribution is -2.54. The summed E-state index contributed by atoms with van der Waals surface area (Å²) < 4.78 is 41.0. The smallest absolute Gasteiger partial charge is 0.350 e. The maximum absolute atomic E-state index is 14.8. The van der Waals surface area contributed by atoms with E-state index in [0.717, 1.165) is 10.8 Å². The zero-order valence-electron chi connectivity index (χ0n) is 21.6. The molecule has 3 aromatic heterocycles. The van der Waals surface area contributed by atoms with Crippen LogP contribution in [-0.2, 0) is 14.6 Å². The number of sulfone groups is 1. The van der Waals surface area contributed by atoms with E-state index in [9.17, 15) is 22.4 Å². The second kappa shape index (κ2) is 10.4. The molecule has 10 nitrogen and oxygen atoms in total. The number of hydrogen-bond donors (Lipinski definition) is 0. The van der Waals surface area contributed by atoms with E-state index >= 15 is 0 Å². The molecule has 4 aromatic rings. The minimum atomic E-state index is -3.87. The molecular formula is C27H24ClFN6O4S. The van der Waals surface area contributed by atoms with Gasteiger partial charge >= 0.3 is 5.69 Å². The van der Waals surface area contributed by atoms with Gasteiger partial charge in [0.05, 0.1) is 21.8 Å². The summed E-state index contributed by atoms with van der Waals surface area (Å²) in [5.41, 5.74) is -0.676. The summed E-state index contributed by atoms with van der Waals surface area (Å²) in [7, 11) is -3.87. The molecule has 1 fully saturated rings. The number of aromatic nitrogens is 4. The van der Waals surface area contributed by atoms with Crippen molar-refractivity contribution in [3.63, 3.8) is 0 Å². The van der Waals surface area contributed by atoms with Gasteiger partial charge in [-0.1, -0.05) is 30.3 Å². The minimum absolute atomic E-state index is 0.0207. The van der Waals surface area contributed by atoms with E-state index in [1.807, 2.05) is 11.8 Å². The summed E-state index contributed by atoms with van der Waals surface area (Å²) in [6.07, 6.45) is 3.53. The number of carbonyl (C=O) groups is 1. The van der Waals surface area contributed by atoms with Crippen LogP contribution in [0.3, 0.4) is 0 Å². The standard InChI is InChI=1S/C27H24ClFN6O4S/c1-4-22(36)33-12-13-34(16(2)15-33)24-18-14-19(28)23(17-8-5-6-9-20(17)29)31-25(18)35(27(37)32-24)21-10-7-11-30-26(21)40(3,38)39/h4-11,14,16H,1,12-13,15H2,2-3H3/t16-/m0/s1. The summed E-state index contributed by atoms with van der Waals surface area (Å²) in [6.45, 7) is 6.48. The van der Waals surface area contributed by atoms with Crippen LogP contribution in [0.5, 0.6) is 0 Å². The van der Waals surface area contributed by atoms with E-state index in [-0.39, 0.29) is 50.4 Å². The molecule has 0 spiro atoms. The normalized spacial score (nSPS) is 15.8. The van der Waals surface area contributed by atoms with E-state index in [1.165, 1.54) is 48.7 Å². The Labute approximate surface area is 234 Å². The van der Waals surface area contributed by atoms with Gasteiger partial charge in [0.25, 0.3) is 0 Å². The minimum Gasteiger partial charge on any atom is -0.350 e. The molecule has 0 unspecified atom stereocenters. The largest absolute Gasteiger partial charge is 0.355 e. The van der Waals surface area contributed by atoms with Gasteiger partial charge in [0.1, 0.15) is 11.6 Å². The molecule has 1 amide bonds. The Morgan fingerprint density at radius 2 is 1.93 bits per heavy atom. The molecule has 206 valence electrons. The lowest BCUT2D eigenvalue weighted by Gasteiger charge is -2.40. The van der Waals surface area contributed by atoms with E-state index in [2.05, 4.69) is 21.5 Å². The molecule has 1 aliphatic heterocycles. The first-order valence-electron chi connectivity index (χ1n) is 12.2. The maximum atomic E-state index is 14.8. The van der Waals surface area contributed by atoms with E-state index in [1.54, 1.807) is 11.0 Å². The van der Waals surface area contributed by atoms with Crippen molar-refractivity contribution in [3.05, 3.63) is 82.6 Å². The molecule has 0 aliphatic carbocycles. The zero-order valence-corrected chi connectivity index (χ0v) is 23.2. The molecule has 1 atom stereocenters. The van der Waals surface area contributed by atoms with Crippen LogP contribution >= 0.6 is 11.6 Å². The maximum Gasteiger partial charge on any atom is 0.355 e. The van der Waals surface area contributed by atoms with Crippen LogP contribution in [0.4, 0.5) is 10.2 Å². The Morgan fingerprint density at radius 3 is 2.60 bits per heavy atom. The lowest BCUT2D eigenvalue weighted by molar-refractivity contribution is -0.126. The number of halogens is 2. The Morgan fingerprint density at radius 1 is 1.18 bits per heavy atom. The third-order valence-electron chi connectivity index (χ3n) is 6.66. The van der Waals surface area contributed by atoms with Crippen molar-refractivity contribution in [3.8, 4) is 16.9 Å². The van der Waals surface area contributed by atoms with Crippen LogP contribution in [0.2, 0.25) is 5.02 Å². The molecule has 5 rings (SSSR count). The molecule has 13 heteroatoms. The van der Waals surface area contributed by atoms with Crippen LogP contribution in [0, 0.1) is 5.82 Å². The predicted octanol–water partition coefficient (Wildman–Crippen LogP) is 3.26. The van der Waals surface area contributed by atoms with Crippen molar-refractivity contribution in [2.45, 2.75) is 18.0 Å². The fourth-order valence-electron chi connectivity index (χ4n) is 4.82. The van der Waals surface area contributed by atoms with Crippen LogP contribution in [-0.4, -0.2) is 70.7 Å². The highest BCUT2D eigenvalue weighted by molar-refractivity contribution is 7.90. The second-order valence-corrected chi connectivity index (χ2v) is 11.7. The summed E-state index contributed by atoms with van der Waals surface area (Å²) >= 11 is 6.65. The summed E-state index contributed by atoms with van der Waals surface area (Å²) in [5.74, 6) is -0.521. The van der Waals surface area contributed by atoms with Gasteiger partial charge in [-0.15, -0.1) is 0 Å². The Hall–Kier alpha value is -4.16. The third-order valence-corrected chi connectivity index (χ3v) is 7.96. The van der Waals surface area contributed by atoms with Gasteiger partial charge in [-0.3, -0.25) is 4.79 Å². The Bertz CT molecular complexity index is 1850. The van der Waals surface area contributed by atoms with E-state index < -0.39 is 21.3 Å². The molecule has 0 saturated carbocycles. The molecular weight excluding hydrogens is 559 g/mol. The second-order valence-electron chi connectivity index (χ2n) is 9.35. The number of rotatable bonds is 5. The lowest BCUT2D eigenvalue weighted by atomic mass is 10.1. The third kappa shape index (κ3) is 4.84. The van der Waals surface area contributed by atoms with Crippen molar-refractivity contribution >= 4 is 44.2 Å². The first-order valence-corrected chi connectivity index (χ1v) is 14.5. The first-order chi connectivity index (χ1) is 19.0. The van der Waals surface area contributed by atoms with Gasteiger partial charge in [0.15, 0.2) is 20.5 Å². The van der Waals surface area contributed by atoms with Crippen LogP contribution in [0.15, 0.2) is 71.1 Å². The van der Waals surface area contributed by atoms with Crippen molar-refractivity contribution in [2.75, 3.05) is 30.8 Å². The van der Waals surface area contributed by atoms with Crippen LogP contribution < -0.4 is 10.6 Å². The average molecular weight is 583 g/mol. The number of hydrogen-bond acceptors (Lipinski definition) is 8. The number of nitrogens with zero attached hydrogens (tertiary/aromatic N) is 6. The number of fused-ring (bicyclic) bond motifs is 1. The van der Waals surface area contributed by atoms with Gasteiger partial charge in [0.2, 0.25) is 5.91 Å². The van der Waals surface area contributed by atoms with Crippen LogP contribution in [0.1, 0.15) is 6.92 Å². The van der Waals surface area contributed by atoms with Crippen LogP contribution in [0.25, 0.3) is 28.0 Å². The van der Waals surface area contributed by atoms with E-state index in [0.29, 0.717) is 25.0 Å². The number of benzene rings is 1. The van der Waals surface area contributed by atoms with Gasteiger partial charge in [-0.25, -0.2) is 32.1 Å². The van der Waals surface area contributed by atoms with Crippen molar-refractivity contribution in [2.24, 2.45) is 0 Å². The number of pyridine rings is 2. The number of piperazine rings is 1. The van der Waals surface area contributed by atoms with Crippen molar-refractivity contribution in [1.82, 2.24) is 24.4 Å². The Kier molecular flexibility index (Phi) is 7.15. The van der Waals surface area contributed by atoms with Gasteiger partial charge in [0, 0.05) is 43.7 Å². The predicted molar refractivity (Wildman–Crippen MR) is 150 cm³/mol. The number of carbonyl (C=O) groups excluding carboxylic acids is 1. The van der Waals surface area contributed by atoms with Gasteiger partial charge in [-0.2, -0.15) is 4.98 Å². The van der Waals surface area contributed by atoms with Crippen molar-refractivity contribution < 1.29 is 17.6 Å². The molecule has 1 aliphatic rings. The Balaban J connectivity index is 1.81. The summed E-state index contributed by atoms with van der Waals surface area (Å²) in [6, 6.07) is 10.1. The highest BCUT2D eigenvalue weighted by atomic mass is 35.5. The number of amides is 1. The van der Waals surface area contributed by atoms with Crippen molar-refractivity contribution in [1.29, 1.82) is 0 Å². The molecule has 0 bridgehead atoms. The summed E-state index contributed by atoms with van der Waals surface area (Å²) in [5, 5.41) is 0.0962. The molecule has 1 aromatic carbocycles. The molecule has 4 heterocycles. The van der Waals surface area contributed by atoms with E-state index in [4.69, 9.17) is 11.6 Å². The van der Waals surface area contributed by atoms with Gasteiger partial charge < -0.3 is 9.80 Å². The summed E-state index contributed by atoms with van der Waals surface area (Å²) in [4.78, 5) is 42.3. The fraction of sp³-hybridized carbons (Fsp3) is 0.222. The monoisotopic (exact) mass is 582 g/mol. The molecule has 1 saturated heterocycles. The molecule has 40 heavy (non-hydrogen) atoms. The molecule has 0 radical (unpaired) electrons. The topological polar surface area (TPSA) is 118 Å². The SMILES string of the molecule is C=CC(=O)N1CCN(c2nc(=O)n(-c3cccnc3S(C)(=O)=O)c3nc(-c4ccccc4F)c(Cl)cc23)[C@@H](C)C1. The zero-order chi connectivity index (χ0) is 28.8. The highest BCUT2D eigenvalue weighted by Gasteiger charge is 2.30. The molecule has 0 N–H and O–H groups in total.